The number of amides is 1. The third kappa shape index (κ3) is 3.27. The molecule has 25 heavy (non-hydrogen) atoms. The second kappa shape index (κ2) is 6.82. The Morgan fingerprint density at radius 3 is 2.88 bits per heavy atom. The first-order chi connectivity index (χ1) is 12.3. The van der Waals surface area contributed by atoms with Crippen LogP contribution in [0.1, 0.15) is 16.3 Å². The molecular weight excluding hydrogens is 318 g/mol. The van der Waals surface area contributed by atoms with Gasteiger partial charge in [-0.1, -0.05) is 30.3 Å². The molecule has 0 unspecified atom stereocenters. The largest absolute Gasteiger partial charge is 0.367 e. The smallest absolute Gasteiger partial charge is 0.271 e. The zero-order chi connectivity index (χ0) is 17.1. The first-order valence-corrected chi connectivity index (χ1v) is 8.07. The van der Waals surface area contributed by atoms with Crippen molar-refractivity contribution in [2.24, 2.45) is 0 Å². The average molecular weight is 335 g/mol. The van der Waals surface area contributed by atoms with E-state index in [1.165, 1.54) is 18.6 Å². The second-order valence-electron chi connectivity index (χ2n) is 5.77. The quantitative estimate of drug-likeness (QED) is 0.784. The summed E-state index contributed by atoms with van der Waals surface area (Å²) in [6, 6.07) is 10.1. The summed E-state index contributed by atoms with van der Waals surface area (Å²) in [4.78, 5) is 24.4. The van der Waals surface area contributed by atoms with Crippen molar-refractivity contribution in [3.05, 3.63) is 66.6 Å². The number of fused-ring (bicyclic) bond motifs is 1. The van der Waals surface area contributed by atoms with Crippen molar-refractivity contribution in [2.75, 3.05) is 6.54 Å². The summed E-state index contributed by atoms with van der Waals surface area (Å²) >= 11 is 0. The highest BCUT2D eigenvalue weighted by Crippen LogP contribution is 2.24. The fourth-order valence-corrected chi connectivity index (χ4v) is 2.86. The monoisotopic (exact) mass is 335 g/mol. The van der Waals surface area contributed by atoms with E-state index in [0.717, 1.165) is 17.1 Å². The molecule has 1 amide bonds. The zero-order valence-electron chi connectivity index (χ0n) is 13.5. The first-order valence-electron chi connectivity index (χ1n) is 8.07. The van der Waals surface area contributed by atoms with Gasteiger partial charge in [-0.3, -0.25) is 9.78 Å². The molecular formula is C18H17N5O2. The molecule has 7 heteroatoms. The van der Waals surface area contributed by atoms with Gasteiger partial charge in [0.05, 0.1) is 30.7 Å². The SMILES string of the molecule is O=C(NC[C@H]1Cn2c(-c3ccccc3)cnc2CO1)c1cnccn1. The van der Waals surface area contributed by atoms with Gasteiger partial charge in [0.1, 0.15) is 18.1 Å². The molecule has 3 aromatic rings. The third-order valence-corrected chi connectivity index (χ3v) is 4.13. The molecule has 126 valence electrons. The lowest BCUT2D eigenvalue weighted by atomic mass is 10.1. The van der Waals surface area contributed by atoms with Crippen molar-refractivity contribution in [1.29, 1.82) is 0 Å². The third-order valence-electron chi connectivity index (χ3n) is 4.13. The Labute approximate surface area is 144 Å². The lowest BCUT2D eigenvalue weighted by molar-refractivity contribution is 0.00371. The van der Waals surface area contributed by atoms with E-state index in [9.17, 15) is 4.79 Å². The van der Waals surface area contributed by atoms with Gasteiger partial charge in [-0.25, -0.2) is 9.97 Å². The molecule has 4 rings (SSSR count). The van der Waals surface area contributed by atoms with Gasteiger partial charge in [-0.15, -0.1) is 0 Å². The summed E-state index contributed by atoms with van der Waals surface area (Å²) in [6.07, 6.45) is 6.22. The van der Waals surface area contributed by atoms with Crippen molar-refractivity contribution in [3.8, 4) is 11.3 Å². The molecule has 1 N–H and O–H groups in total. The highest BCUT2D eigenvalue weighted by molar-refractivity contribution is 5.91. The first kappa shape index (κ1) is 15.5. The second-order valence-corrected chi connectivity index (χ2v) is 5.77. The van der Waals surface area contributed by atoms with Crippen molar-refractivity contribution < 1.29 is 9.53 Å². The highest BCUT2D eigenvalue weighted by Gasteiger charge is 2.23. The van der Waals surface area contributed by atoms with E-state index in [2.05, 4.69) is 37.0 Å². The van der Waals surface area contributed by atoms with E-state index >= 15 is 0 Å². The predicted octanol–water partition coefficient (Wildman–Crippen LogP) is 1.67. The minimum Gasteiger partial charge on any atom is -0.367 e. The van der Waals surface area contributed by atoms with E-state index in [0.29, 0.717) is 25.4 Å². The summed E-state index contributed by atoms with van der Waals surface area (Å²) in [5.74, 6) is 0.645. The van der Waals surface area contributed by atoms with Crippen molar-refractivity contribution in [1.82, 2.24) is 24.8 Å². The highest BCUT2D eigenvalue weighted by atomic mass is 16.5. The fraction of sp³-hybridized carbons (Fsp3) is 0.222. The van der Waals surface area contributed by atoms with Crippen LogP contribution in [0.4, 0.5) is 0 Å². The Kier molecular flexibility index (Phi) is 4.22. The number of hydrogen-bond acceptors (Lipinski definition) is 5. The van der Waals surface area contributed by atoms with E-state index < -0.39 is 0 Å². The minimum atomic E-state index is -0.253. The van der Waals surface area contributed by atoms with Crippen LogP contribution in [0.15, 0.2) is 55.1 Å². The Morgan fingerprint density at radius 1 is 1.20 bits per heavy atom. The number of hydrogen-bond donors (Lipinski definition) is 1. The molecule has 7 nitrogen and oxygen atoms in total. The zero-order valence-corrected chi connectivity index (χ0v) is 13.5. The van der Waals surface area contributed by atoms with Crippen molar-refractivity contribution >= 4 is 5.91 Å². The fourth-order valence-electron chi connectivity index (χ4n) is 2.86. The molecule has 2 aromatic heterocycles. The van der Waals surface area contributed by atoms with E-state index in [4.69, 9.17) is 4.74 Å². The van der Waals surface area contributed by atoms with Gasteiger partial charge in [-0.05, 0) is 5.56 Å². The van der Waals surface area contributed by atoms with Crippen LogP contribution in [-0.2, 0) is 17.9 Å². The topological polar surface area (TPSA) is 81.9 Å². The summed E-state index contributed by atoms with van der Waals surface area (Å²) < 4.78 is 7.96. The Hall–Kier alpha value is -3.06. The molecule has 0 saturated heterocycles. The summed E-state index contributed by atoms with van der Waals surface area (Å²) in [7, 11) is 0. The Bertz CT molecular complexity index is 864. The van der Waals surface area contributed by atoms with E-state index in [1.807, 2.05) is 24.4 Å². The van der Waals surface area contributed by atoms with Gasteiger partial charge in [0, 0.05) is 18.9 Å². The molecule has 3 heterocycles. The van der Waals surface area contributed by atoms with Crippen molar-refractivity contribution in [2.45, 2.75) is 19.3 Å². The number of carbonyl (C=O) groups is 1. The van der Waals surface area contributed by atoms with Gasteiger partial charge in [0.2, 0.25) is 0 Å². The van der Waals surface area contributed by atoms with E-state index in [1.54, 1.807) is 0 Å². The minimum absolute atomic E-state index is 0.121. The van der Waals surface area contributed by atoms with Crippen LogP contribution in [0.3, 0.4) is 0 Å². The van der Waals surface area contributed by atoms with Gasteiger partial charge in [0.15, 0.2) is 0 Å². The number of carbonyl (C=O) groups excluding carboxylic acids is 1. The lowest BCUT2D eigenvalue weighted by Crippen LogP contribution is -2.39. The average Bonchev–Trinajstić information content (AvgIpc) is 3.10. The van der Waals surface area contributed by atoms with Crippen LogP contribution >= 0.6 is 0 Å². The molecule has 0 bridgehead atoms. The van der Waals surface area contributed by atoms with Gasteiger partial charge < -0.3 is 14.6 Å². The molecule has 1 atom stereocenters. The molecule has 0 aliphatic carbocycles. The number of nitrogens with zero attached hydrogens (tertiary/aromatic N) is 4. The van der Waals surface area contributed by atoms with Crippen LogP contribution < -0.4 is 5.32 Å². The van der Waals surface area contributed by atoms with Crippen LogP contribution in [0.5, 0.6) is 0 Å². The van der Waals surface area contributed by atoms with Gasteiger partial charge in [-0.2, -0.15) is 0 Å². The summed E-state index contributed by atoms with van der Waals surface area (Å²) in [6.45, 7) is 1.47. The summed E-state index contributed by atoms with van der Waals surface area (Å²) in [5, 5.41) is 2.85. The molecule has 0 fully saturated rings. The van der Waals surface area contributed by atoms with Crippen LogP contribution in [0.2, 0.25) is 0 Å². The maximum atomic E-state index is 12.1. The molecule has 1 aliphatic heterocycles. The molecule has 1 aliphatic rings. The van der Waals surface area contributed by atoms with Crippen LogP contribution in [0, 0.1) is 0 Å². The van der Waals surface area contributed by atoms with E-state index in [-0.39, 0.29) is 12.0 Å². The maximum absolute atomic E-state index is 12.1. The standard InChI is InChI=1S/C18H17N5O2/c24-18(15-9-19-6-7-20-15)22-8-14-11-23-16(10-21-17(23)12-25-14)13-4-2-1-3-5-13/h1-7,9-10,14H,8,11-12H2,(H,22,24)/t14-/m0/s1. The molecule has 1 aromatic carbocycles. The number of benzene rings is 1. The van der Waals surface area contributed by atoms with Crippen LogP contribution in [-0.4, -0.2) is 38.1 Å². The van der Waals surface area contributed by atoms with Crippen molar-refractivity contribution in [3.63, 3.8) is 0 Å². The lowest BCUT2D eigenvalue weighted by Gasteiger charge is -2.26. The molecule has 0 saturated carbocycles. The van der Waals surface area contributed by atoms with Gasteiger partial charge >= 0.3 is 0 Å². The normalized spacial score (nSPS) is 16.2. The number of aromatic nitrogens is 4. The summed E-state index contributed by atoms with van der Waals surface area (Å²) in [5.41, 5.74) is 2.47. The Balaban J connectivity index is 1.44. The number of ether oxygens (including phenoxy) is 1. The number of rotatable bonds is 4. The Morgan fingerprint density at radius 2 is 2.08 bits per heavy atom. The molecule has 0 spiro atoms. The molecule has 0 radical (unpaired) electrons. The maximum Gasteiger partial charge on any atom is 0.271 e. The number of imidazole rings is 1. The van der Waals surface area contributed by atoms with Gasteiger partial charge in [0.25, 0.3) is 5.91 Å². The predicted molar refractivity (Wildman–Crippen MR) is 90.6 cm³/mol. The van der Waals surface area contributed by atoms with Crippen LogP contribution in [0.25, 0.3) is 11.3 Å². The number of nitrogens with one attached hydrogen (secondary N) is 1.